The quantitative estimate of drug-likeness (QED) is 0.891. The van der Waals surface area contributed by atoms with Crippen molar-refractivity contribution in [3.05, 3.63) is 29.3 Å². The molecule has 102 valence electrons. The molecule has 1 atom stereocenters. The minimum absolute atomic E-state index is 0.0765. The molecular formula is C13H19N5O. The van der Waals surface area contributed by atoms with E-state index in [-0.39, 0.29) is 6.04 Å². The Balaban J connectivity index is 2.18. The number of hydrogen-bond acceptors (Lipinski definition) is 6. The van der Waals surface area contributed by atoms with E-state index in [1.807, 2.05) is 27.0 Å². The van der Waals surface area contributed by atoms with Gasteiger partial charge in [-0.3, -0.25) is 0 Å². The summed E-state index contributed by atoms with van der Waals surface area (Å²) in [6.07, 6.45) is 3.49. The molecule has 0 aromatic carbocycles. The van der Waals surface area contributed by atoms with Crippen LogP contribution >= 0.6 is 0 Å². The molecule has 0 aliphatic rings. The molecule has 6 nitrogen and oxygen atoms in total. The second-order valence-corrected chi connectivity index (χ2v) is 4.41. The van der Waals surface area contributed by atoms with E-state index in [0.717, 1.165) is 35.9 Å². The van der Waals surface area contributed by atoms with Crippen molar-refractivity contribution in [3.63, 3.8) is 0 Å². The van der Waals surface area contributed by atoms with Crippen molar-refractivity contribution < 1.29 is 4.52 Å². The van der Waals surface area contributed by atoms with Crippen molar-refractivity contribution in [1.82, 2.24) is 20.1 Å². The topological polar surface area (TPSA) is 76.7 Å². The van der Waals surface area contributed by atoms with Crippen molar-refractivity contribution in [2.45, 2.75) is 46.6 Å². The molecule has 19 heavy (non-hydrogen) atoms. The number of rotatable bonds is 5. The Morgan fingerprint density at radius 1 is 1.26 bits per heavy atom. The molecule has 2 rings (SSSR count). The maximum absolute atomic E-state index is 5.23. The van der Waals surface area contributed by atoms with Crippen LogP contribution in [0.3, 0.4) is 0 Å². The first-order valence-electron chi connectivity index (χ1n) is 6.55. The van der Waals surface area contributed by atoms with Crippen LogP contribution < -0.4 is 5.32 Å². The van der Waals surface area contributed by atoms with Gasteiger partial charge in [0.15, 0.2) is 5.82 Å². The molecule has 2 aromatic heterocycles. The summed E-state index contributed by atoms with van der Waals surface area (Å²) in [4.78, 5) is 12.9. The Bertz CT molecular complexity index is 552. The van der Waals surface area contributed by atoms with Gasteiger partial charge in [-0.1, -0.05) is 19.0 Å². The van der Waals surface area contributed by atoms with Gasteiger partial charge in [-0.15, -0.1) is 0 Å². The largest absolute Gasteiger partial charge is 0.358 e. The van der Waals surface area contributed by atoms with Crippen LogP contribution in [0.5, 0.6) is 0 Å². The van der Waals surface area contributed by atoms with E-state index in [1.165, 1.54) is 0 Å². The molecule has 0 bridgehead atoms. The smallest absolute Gasteiger partial charge is 0.248 e. The van der Waals surface area contributed by atoms with Crippen molar-refractivity contribution in [1.29, 1.82) is 0 Å². The number of hydrogen-bond donors (Lipinski definition) is 1. The molecule has 0 amide bonds. The van der Waals surface area contributed by atoms with Crippen LogP contribution in [-0.4, -0.2) is 20.1 Å². The molecule has 0 saturated carbocycles. The molecule has 0 saturated heterocycles. The molecule has 0 fully saturated rings. The maximum atomic E-state index is 5.23. The summed E-state index contributed by atoms with van der Waals surface area (Å²) in [5.41, 5.74) is 1.08. The second-order valence-electron chi connectivity index (χ2n) is 4.41. The summed E-state index contributed by atoms with van der Waals surface area (Å²) in [5.74, 6) is 2.87. The van der Waals surface area contributed by atoms with Crippen LogP contribution in [0.4, 0.5) is 5.82 Å². The van der Waals surface area contributed by atoms with Crippen molar-refractivity contribution in [2.75, 3.05) is 5.32 Å². The van der Waals surface area contributed by atoms with Gasteiger partial charge in [-0.25, -0.2) is 9.97 Å². The number of anilines is 1. The first-order chi connectivity index (χ1) is 9.13. The zero-order chi connectivity index (χ0) is 13.8. The zero-order valence-corrected chi connectivity index (χ0v) is 11.8. The second kappa shape index (κ2) is 5.77. The van der Waals surface area contributed by atoms with Crippen LogP contribution in [-0.2, 0) is 12.8 Å². The number of nitrogens with one attached hydrogen (secondary N) is 1. The van der Waals surface area contributed by atoms with E-state index in [4.69, 9.17) is 4.52 Å². The first-order valence-corrected chi connectivity index (χ1v) is 6.55. The van der Waals surface area contributed by atoms with E-state index in [0.29, 0.717) is 5.89 Å². The van der Waals surface area contributed by atoms with Crippen LogP contribution in [0.2, 0.25) is 0 Å². The highest BCUT2D eigenvalue weighted by molar-refractivity contribution is 5.44. The van der Waals surface area contributed by atoms with Crippen LogP contribution in [0, 0.1) is 6.92 Å². The molecule has 0 radical (unpaired) electrons. The van der Waals surface area contributed by atoms with Gasteiger partial charge in [0, 0.05) is 18.2 Å². The maximum Gasteiger partial charge on any atom is 0.248 e. The lowest BCUT2D eigenvalue weighted by atomic mass is 10.2. The fourth-order valence-corrected chi connectivity index (χ4v) is 1.73. The summed E-state index contributed by atoms with van der Waals surface area (Å²) >= 11 is 0. The Kier molecular flexibility index (Phi) is 4.09. The van der Waals surface area contributed by atoms with E-state index in [9.17, 15) is 0 Å². The average molecular weight is 261 g/mol. The predicted octanol–water partition coefficient (Wildman–Crippen LogP) is 2.47. The summed E-state index contributed by atoms with van der Waals surface area (Å²) in [5, 5.41) is 7.21. The third kappa shape index (κ3) is 3.07. The van der Waals surface area contributed by atoms with Crippen LogP contribution in [0.15, 0.2) is 10.7 Å². The minimum atomic E-state index is -0.0765. The normalized spacial score (nSPS) is 12.4. The van der Waals surface area contributed by atoms with Gasteiger partial charge < -0.3 is 9.84 Å². The lowest BCUT2D eigenvalue weighted by molar-refractivity contribution is 0.363. The first kappa shape index (κ1) is 13.5. The van der Waals surface area contributed by atoms with Crippen LogP contribution in [0.1, 0.15) is 49.9 Å². The number of aromatic nitrogens is 4. The molecule has 2 heterocycles. The lowest BCUT2D eigenvalue weighted by Crippen LogP contribution is -2.11. The van der Waals surface area contributed by atoms with Gasteiger partial charge >= 0.3 is 0 Å². The SMILES string of the molecule is CCc1noc([C@@H](C)Nc2nc(C)ncc2CC)n1. The predicted molar refractivity (Wildman–Crippen MR) is 71.9 cm³/mol. The Hall–Kier alpha value is -1.98. The molecule has 6 heteroatoms. The molecule has 0 spiro atoms. The van der Waals surface area contributed by atoms with E-state index >= 15 is 0 Å². The van der Waals surface area contributed by atoms with Gasteiger partial charge in [0.2, 0.25) is 5.89 Å². The third-order valence-corrected chi connectivity index (χ3v) is 2.89. The highest BCUT2D eigenvalue weighted by atomic mass is 16.5. The van der Waals surface area contributed by atoms with Gasteiger partial charge in [0.05, 0.1) is 0 Å². The van der Waals surface area contributed by atoms with Crippen LogP contribution in [0.25, 0.3) is 0 Å². The Labute approximate surface area is 112 Å². The summed E-state index contributed by atoms with van der Waals surface area (Å²) < 4.78 is 5.23. The molecule has 2 aromatic rings. The van der Waals surface area contributed by atoms with Crippen molar-refractivity contribution in [2.24, 2.45) is 0 Å². The average Bonchev–Trinajstić information content (AvgIpc) is 2.88. The van der Waals surface area contributed by atoms with Crippen molar-refractivity contribution >= 4 is 5.82 Å². The summed E-state index contributed by atoms with van der Waals surface area (Å²) in [6.45, 7) is 7.92. The third-order valence-electron chi connectivity index (χ3n) is 2.89. The standard InChI is InChI=1S/C13H19N5O/c1-5-10-7-14-9(4)16-12(10)15-8(3)13-17-11(6-2)18-19-13/h7-8H,5-6H2,1-4H3,(H,14,15,16)/t8-/m1/s1. The van der Waals surface area contributed by atoms with E-state index < -0.39 is 0 Å². The molecule has 0 aliphatic carbocycles. The monoisotopic (exact) mass is 261 g/mol. The molecule has 0 aliphatic heterocycles. The summed E-state index contributed by atoms with van der Waals surface area (Å²) in [7, 11) is 0. The zero-order valence-electron chi connectivity index (χ0n) is 11.8. The van der Waals surface area contributed by atoms with Gasteiger partial charge in [-0.05, 0) is 20.3 Å². The fraction of sp³-hybridized carbons (Fsp3) is 0.538. The number of nitrogens with zero attached hydrogens (tertiary/aromatic N) is 4. The van der Waals surface area contributed by atoms with Gasteiger partial charge in [-0.2, -0.15) is 4.98 Å². The fourth-order valence-electron chi connectivity index (χ4n) is 1.73. The van der Waals surface area contributed by atoms with E-state index in [1.54, 1.807) is 0 Å². The van der Waals surface area contributed by atoms with Gasteiger partial charge in [0.25, 0.3) is 0 Å². The molecule has 1 N–H and O–H groups in total. The highest BCUT2D eigenvalue weighted by Crippen LogP contribution is 2.19. The lowest BCUT2D eigenvalue weighted by Gasteiger charge is -2.13. The van der Waals surface area contributed by atoms with Crippen molar-refractivity contribution in [3.8, 4) is 0 Å². The highest BCUT2D eigenvalue weighted by Gasteiger charge is 2.15. The Morgan fingerprint density at radius 3 is 2.68 bits per heavy atom. The molecule has 0 unspecified atom stereocenters. The number of aryl methyl sites for hydroxylation is 3. The minimum Gasteiger partial charge on any atom is -0.358 e. The molecular weight excluding hydrogens is 242 g/mol. The Morgan fingerprint density at radius 2 is 2.05 bits per heavy atom. The van der Waals surface area contributed by atoms with Gasteiger partial charge in [0.1, 0.15) is 17.7 Å². The summed E-state index contributed by atoms with van der Waals surface area (Å²) in [6, 6.07) is -0.0765. The van der Waals surface area contributed by atoms with E-state index in [2.05, 4.69) is 32.3 Å².